The first kappa shape index (κ1) is 29.6. The predicted octanol–water partition coefficient (Wildman–Crippen LogP) is 6.88. The van der Waals surface area contributed by atoms with Crippen molar-refractivity contribution in [3.63, 3.8) is 0 Å². The molecule has 0 bridgehead atoms. The van der Waals surface area contributed by atoms with Crippen LogP contribution in [0.25, 0.3) is 0 Å². The zero-order valence-electron chi connectivity index (χ0n) is 22.5. The summed E-state index contributed by atoms with van der Waals surface area (Å²) in [6, 6.07) is 15.6. The molecular weight excluding hydrogens is 553 g/mol. The van der Waals surface area contributed by atoms with E-state index in [-0.39, 0.29) is 17.0 Å². The van der Waals surface area contributed by atoms with Gasteiger partial charge in [-0.3, -0.25) is 9.59 Å². The number of hydrogen-bond acceptors (Lipinski definition) is 6. The fourth-order valence-corrected chi connectivity index (χ4v) is 5.45. The van der Waals surface area contributed by atoms with Crippen molar-refractivity contribution in [2.75, 3.05) is 16.4 Å². The lowest BCUT2D eigenvalue weighted by Gasteiger charge is -2.28. The Balaban J connectivity index is 1.59. The summed E-state index contributed by atoms with van der Waals surface area (Å²) in [5.41, 5.74) is 2.62. The number of furan rings is 1. The minimum absolute atomic E-state index is 0.00247. The molecule has 0 radical (unpaired) electrons. The molecule has 41 heavy (non-hydrogen) atoms. The van der Waals surface area contributed by atoms with Crippen LogP contribution in [0.2, 0.25) is 0 Å². The molecule has 0 saturated heterocycles. The zero-order valence-corrected chi connectivity index (χ0v) is 23.3. The molecule has 1 aliphatic heterocycles. The Morgan fingerprint density at radius 2 is 1.85 bits per heavy atom. The topological polar surface area (TPSA) is 107 Å². The quantitative estimate of drug-likeness (QED) is 0.268. The fourth-order valence-electron chi connectivity index (χ4n) is 4.56. The number of aryl methyl sites for hydroxylation is 2. The number of benzene rings is 2. The van der Waals surface area contributed by atoms with Crippen LogP contribution in [0.1, 0.15) is 42.2 Å². The van der Waals surface area contributed by atoms with Crippen LogP contribution in [0.4, 0.5) is 24.5 Å². The van der Waals surface area contributed by atoms with Crippen LogP contribution in [0, 0.1) is 18.3 Å². The number of nitriles is 1. The smallest absolute Gasteiger partial charge is 0.416 e. The van der Waals surface area contributed by atoms with Gasteiger partial charge in [0, 0.05) is 17.1 Å². The van der Waals surface area contributed by atoms with E-state index < -0.39 is 29.5 Å². The molecule has 2 amide bonds. The van der Waals surface area contributed by atoms with Crippen LogP contribution in [0.5, 0.6) is 0 Å². The van der Waals surface area contributed by atoms with Gasteiger partial charge in [-0.2, -0.15) is 18.4 Å². The van der Waals surface area contributed by atoms with Gasteiger partial charge in [-0.1, -0.05) is 43.0 Å². The number of allylic oxidation sites excluding steroid dienone is 2. The lowest BCUT2D eigenvalue weighted by molar-refractivity contribution is -0.137. The maximum absolute atomic E-state index is 13.7. The van der Waals surface area contributed by atoms with Crippen LogP contribution in [0.15, 0.2) is 87.1 Å². The number of dihydropyridines is 1. The van der Waals surface area contributed by atoms with Crippen molar-refractivity contribution < 1.29 is 27.2 Å². The van der Waals surface area contributed by atoms with E-state index in [1.807, 2.05) is 32.0 Å². The van der Waals surface area contributed by atoms with Gasteiger partial charge in [0.2, 0.25) is 5.91 Å². The van der Waals surface area contributed by atoms with E-state index >= 15 is 0 Å². The molecule has 3 aromatic rings. The number of hydrogen-bond donors (Lipinski definition) is 3. The number of alkyl halides is 3. The fraction of sp³-hybridized carbons (Fsp3) is 0.233. The molecule has 0 spiro atoms. The van der Waals surface area contributed by atoms with Crippen molar-refractivity contribution in [1.82, 2.24) is 5.32 Å². The highest BCUT2D eigenvalue weighted by molar-refractivity contribution is 8.03. The molecule has 7 nitrogen and oxygen atoms in total. The Morgan fingerprint density at radius 1 is 1.10 bits per heavy atom. The van der Waals surface area contributed by atoms with Gasteiger partial charge < -0.3 is 20.4 Å². The Kier molecular flexibility index (Phi) is 8.93. The number of anilines is 2. The summed E-state index contributed by atoms with van der Waals surface area (Å²) in [6.45, 7) is 5.59. The summed E-state index contributed by atoms with van der Waals surface area (Å²) in [6.07, 6.45) is -2.38. The van der Waals surface area contributed by atoms with E-state index in [0.29, 0.717) is 34.2 Å². The molecule has 0 aliphatic carbocycles. The van der Waals surface area contributed by atoms with E-state index in [0.717, 1.165) is 35.0 Å². The van der Waals surface area contributed by atoms with E-state index in [1.165, 1.54) is 18.4 Å². The molecule has 1 atom stereocenters. The maximum Gasteiger partial charge on any atom is 0.416 e. The van der Waals surface area contributed by atoms with Crippen LogP contribution >= 0.6 is 11.8 Å². The van der Waals surface area contributed by atoms with E-state index in [4.69, 9.17) is 4.42 Å². The van der Waals surface area contributed by atoms with Gasteiger partial charge in [0.25, 0.3) is 5.91 Å². The lowest BCUT2D eigenvalue weighted by Crippen LogP contribution is -2.31. The second-order valence-electron chi connectivity index (χ2n) is 9.30. The minimum atomic E-state index is -4.54. The van der Waals surface area contributed by atoms with Crippen LogP contribution in [0.3, 0.4) is 0 Å². The average molecular weight is 581 g/mol. The molecule has 0 saturated carbocycles. The third-order valence-corrected chi connectivity index (χ3v) is 7.54. The Labute approximate surface area is 239 Å². The molecule has 212 valence electrons. The number of nitrogens with zero attached hydrogens (tertiary/aromatic N) is 1. The predicted molar refractivity (Wildman–Crippen MR) is 152 cm³/mol. The monoisotopic (exact) mass is 580 g/mol. The molecule has 2 aromatic carbocycles. The molecule has 1 aromatic heterocycles. The van der Waals surface area contributed by atoms with Crippen LogP contribution in [-0.2, 0) is 22.2 Å². The van der Waals surface area contributed by atoms with Gasteiger partial charge in [0.1, 0.15) is 5.76 Å². The highest BCUT2D eigenvalue weighted by atomic mass is 32.2. The summed E-state index contributed by atoms with van der Waals surface area (Å²) in [4.78, 5) is 26.3. The summed E-state index contributed by atoms with van der Waals surface area (Å²) < 4.78 is 44.7. The number of rotatable bonds is 8. The molecule has 11 heteroatoms. The second kappa shape index (κ2) is 12.4. The average Bonchev–Trinajstić information content (AvgIpc) is 3.47. The Hall–Kier alpha value is -4.43. The molecular formula is C30H27F3N4O3S. The standard InChI is InChI=1S/C30H27F3N4O3S/c1-4-19-9-5-8-17(2)27(19)37-28(39)25-18(3)35-29(22(15-34)26(25)23-12-7-13-40-23)41-16-24(38)36-21-11-6-10-20(14-21)30(31,32)33/h5-14,26,35H,4,16H2,1-3H3,(H,36,38)(H,37,39)/t26-/m0/s1. The van der Waals surface area contributed by atoms with Crippen molar-refractivity contribution in [3.05, 3.63) is 105 Å². The van der Waals surface area contributed by atoms with Gasteiger partial charge in [0.05, 0.1) is 45.7 Å². The lowest BCUT2D eigenvalue weighted by atomic mass is 9.85. The first-order chi connectivity index (χ1) is 19.5. The second-order valence-corrected chi connectivity index (χ2v) is 10.3. The Bertz CT molecular complexity index is 1570. The summed E-state index contributed by atoms with van der Waals surface area (Å²) in [5.74, 6) is -1.64. The highest BCUT2D eigenvalue weighted by Gasteiger charge is 2.37. The van der Waals surface area contributed by atoms with Crippen molar-refractivity contribution in [2.45, 2.75) is 39.3 Å². The molecule has 4 rings (SSSR count). The summed E-state index contributed by atoms with van der Waals surface area (Å²) in [5, 5.41) is 19.1. The SMILES string of the molecule is CCc1cccc(C)c1NC(=O)C1=C(C)NC(SCC(=O)Nc2cccc(C(F)(F)F)c2)=C(C#N)[C@H]1c1ccco1. The zero-order chi connectivity index (χ0) is 29.7. The first-order valence-electron chi connectivity index (χ1n) is 12.7. The number of para-hydroxylation sites is 1. The van der Waals surface area contributed by atoms with Gasteiger partial charge in [-0.25, -0.2) is 0 Å². The number of amides is 2. The largest absolute Gasteiger partial charge is 0.468 e. The number of thioether (sulfide) groups is 1. The molecule has 2 heterocycles. The van der Waals surface area contributed by atoms with Crippen molar-refractivity contribution >= 4 is 35.0 Å². The third kappa shape index (κ3) is 6.66. The maximum atomic E-state index is 13.7. The van der Waals surface area contributed by atoms with Crippen LogP contribution < -0.4 is 16.0 Å². The highest BCUT2D eigenvalue weighted by Crippen LogP contribution is 2.41. The van der Waals surface area contributed by atoms with Crippen LogP contribution in [-0.4, -0.2) is 17.6 Å². The minimum Gasteiger partial charge on any atom is -0.468 e. The molecule has 0 fully saturated rings. The van der Waals surface area contributed by atoms with E-state index in [2.05, 4.69) is 22.0 Å². The van der Waals surface area contributed by atoms with E-state index in [1.54, 1.807) is 19.1 Å². The van der Waals surface area contributed by atoms with Crippen molar-refractivity contribution in [1.29, 1.82) is 5.26 Å². The summed E-state index contributed by atoms with van der Waals surface area (Å²) in [7, 11) is 0. The normalized spacial score (nSPS) is 15.3. The van der Waals surface area contributed by atoms with E-state index in [9.17, 15) is 28.0 Å². The molecule has 3 N–H and O–H groups in total. The number of halogens is 3. The third-order valence-electron chi connectivity index (χ3n) is 6.52. The van der Waals surface area contributed by atoms with Gasteiger partial charge >= 0.3 is 6.18 Å². The number of carbonyl (C=O) groups excluding carboxylic acids is 2. The van der Waals surface area contributed by atoms with Crippen molar-refractivity contribution in [3.8, 4) is 6.07 Å². The van der Waals surface area contributed by atoms with Gasteiger partial charge in [-0.15, -0.1) is 0 Å². The Morgan fingerprint density at radius 3 is 2.51 bits per heavy atom. The summed E-state index contributed by atoms with van der Waals surface area (Å²) >= 11 is 1.00. The molecule has 0 unspecified atom stereocenters. The number of nitrogens with one attached hydrogen (secondary N) is 3. The first-order valence-corrected chi connectivity index (χ1v) is 13.7. The van der Waals surface area contributed by atoms with Gasteiger partial charge in [-0.05, 0) is 61.7 Å². The van der Waals surface area contributed by atoms with Gasteiger partial charge in [0.15, 0.2) is 0 Å². The number of carbonyl (C=O) groups is 2. The molecule has 1 aliphatic rings. The van der Waals surface area contributed by atoms with Crippen molar-refractivity contribution in [2.24, 2.45) is 0 Å².